The van der Waals surface area contributed by atoms with Crippen LogP contribution in [0, 0.1) is 0 Å². The van der Waals surface area contributed by atoms with E-state index in [0.717, 1.165) is 0 Å². The van der Waals surface area contributed by atoms with Gasteiger partial charge in [-0.05, 0) is 36.5 Å². The Bertz CT molecular complexity index is 774. The molecule has 0 amide bonds. The minimum atomic E-state index is -0.940. The van der Waals surface area contributed by atoms with Crippen molar-refractivity contribution < 1.29 is 24.6 Å². The fourth-order valence-electron chi connectivity index (χ4n) is 3.32. The van der Waals surface area contributed by atoms with Gasteiger partial charge in [0.1, 0.15) is 0 Å². The average Bonchev–Trinajstić information content (AvgIpc) is 2.74. The minimum Gasteiger partial charge on any atom is -0.481 e. The van der Waals surface area contributed by atoms with Gasteiger partial charge < -0.3 is 10.2 Å². The topological polar surface area (TPSA) is 91.7 Å². The van der Waals surface area contributed by atoms with Gasteiger partial charge in [-0.3, -0.25) is 9.59 Å². The van der Waals surface area contributed by atoms with Gasteiger partial charge in [-0.2, -0.15) is 0 Å². The molecule has 1 aliphatic carbocycles. The zero-order valence-corrected chi connectivity index (χ0v) is 15.8. The summed E-state index contributed by atoms with van der Waals surface area (Å²) in [5.41, 5.74) is 2.26. The summed E-state index contributed by atoms with van der Waals surface area (Å²) in [6.07, 6.45) is 6.45. The molecule has 3 rings (SSSR count). The quantitative estimate of drug-likeness (QED) is 0.673. The zero-order chi connectivity index (χ0) is 20.4. The summed E-state index contributed by atoms with van der Waals surface area (Å²) in [5, 5.41) is 17.1. The van der Waals surface area contributed by atoms with E-state index in [0.29, 0.717) is 17.0 Å². The van der Waals surface area contributed by atoms with Gasteiger partial charge in [-0.15, -0.1) is 0 Å². The molecule has 2 N–H and O–H groups in total. The number of ketones is 1. The average molecular weight is 382 g/mol. The number of carboxylic acid groups (broad SMARTS) is 2. The molecule has 5 nitrogen and oxygen atoms in total. The van der Waals surface area contributed by atoms with Crippen LogP contribution < -0.4 is 0 Å². The molecule has 1 saturated carbocycles. The van der Waals surface area contributed by atoms with Gasteiger partial charge in [0.15, 0.2) is 5.78 Å². The lowest BCUT2D eigenvalue weighted by Crippen LogP contribution is -2.05. The van der Waals surface area contributed by atoms with Crippen molar-refractivity contribution in [1.29, 1.82) is 0 Å². The summed E-state index contributed by atoms with van der Waals surface area (Å²) in [6.45, 7) is 0. The third kappa shape index (κ3) is 6.99. The number of carbonyl (C=O) groups excluding carboxylic acids is 1. The molecule has 0 aliphatic heterocycles. The number of hydrogen-bond donors (Lipinski definition) is 2. The highest BCUT2D eigenvalue weighted by Crippen LogP contribution is 2.32. The third-order valence-corrected chi connectivity index (χ3v) is 4.90. The van der Waals surface area contributed by atoms with E-state index >= 15 is 0 Å². The Hall–Kier alpha value is -2.95. The Labute approximate surface area is 165 Å². The van der Waals surface area contributed by atoms with Crippen molar-refractivity contribution in [1.82, 2.24) is 0 Å². The van der Waals surface area contributed by atoms with Crippen molar-refractivity contribution in [2.75, 3.05) is 0 Å². The zero-order valence-electron chi connectivity index (χ0n) is 15.8. The lowest BCUT2D eigenvalue weighted by atomic mass is 9.84. The van der Waals surface area contributed by atoms with Crippen molar-refractivity contribution in [3.63, 3.8) is 0 Å². The molecule has 0 spiro atoms. The summed E-state index contributed by atoms with van der Waals surface area (Å²) < 4.78 is 0. The summed E-state index contributed by atoms with van der Waals surface area (Å²) >= 11 is 0. The van der Waals surface area contributed by atoms with Crippen molar-refractivity contribution in [2.24, 2.45) is 0 Å². The minimum absolute atomic E-state index is 0.0688. The first-order chi connectivity index (χ1) is 13.5. The normalized spacial score (nSPS) is 13.9. The summed E-state index contributed by atoms with van der Waals surface area (Å²) in [7, 11) is 0. The highest BCUT2D eigenvalue weighted by molar-refractivity contribution is 5.97. The fraction of sp³-hybridized carbons (Fsp3) is 0.348. The van der Waals surface area contributed by atoms with Gasteiger partial charge in [0, 0.05) is 12.0 Å². The highest BCUT2D eigenvalue weighted by atomic mass is 16.4. The smallest absolute Gasteiger partial charge is 0.335 e. The molecule has 0 unspecified atom stereocenters. The monoisotopic (exact) mass is 382 g/mol. The SMILES string of the molecule is O=C(O)CCC(=O)c1ccccc1.O=C(O)c1ccc(C2CCCCC2)cc1. The van der Waals surface area contributed by atoms with Crippen molar-refractivity contribution in [3.8, 4) is 0 Å². The van der Waals surface area contributed by atoms with Crippen LogP contribution >= 0.6 is 0 Å². The number of hydrogen-bond acceptors (Lipinski definition) is 3. The predicted octanol–water partition coefficient (Wildman–Crippen LogP) is 5.17. The van der Waals surface area contributed by atoms with Gasteiger partial charge in [-0.25, -0.2) is 4.79 Å². The van der Waals surface area contributed by atoms with Crippen LogP contribution in [0.25, 0.3) is 0 Å². The molecule has 0 radical (unpaired) electrons. The second kappa shape index (κ2) is 11.0. The Morgan fingerprint density at radius 1 is 0.750 bits per heavy atom. The molecular weight excluding hydrogens is 356 g/mol. The Morgan fingerprint density at radius 2 is 1.36 bits per heavy atom. The molecule has 5 heteroatoms. The molecule has 2 aromatic carbocycles. The van der Waals surface area contributed by atoms with Gasteiger partial charge in [0.05, 0.1) is 12.0 Å². The maximum Gasteiger partial charge on any atom is 0.335 e. The number of aromatic carboxylic acids is 1. The lowest BCUT2D eigenvalue weighted by molar-refractivity contribution is -0.136. The number of aliphatic carboxylic acids is 1. The van der Waals surface area contributed by atoms with E-state index in [1.807, 2.05) is 18.2 Å². The Balaban J connectivity index is 0.000000203. The number of carbonyl (C=O) groups is 3. The lowest BCUT2D eigenvalue weighted by Gasteiger charge is -2.21. The molecule has 148 valence electrons. The van der Waals surface area contributed by atoms with Crippen LogP contribution in [0.5, 0.6) is 0 Å². The van der Waals surface area contributed by atoms with Crippen molar-refractivity contribution >= 4 is 17.7 Å². The van der Waals surface area contributed by atoms with E-state index in [4.69, 9.17) is 10.2 Å². The first-order valence-corrected chi connectivity index (χ1v) is 9.60. The van der Waals surface area contributed by atoms with Crippen LogP contribution in [0.15, 0.2) is 54.6 Å². The number of carboxylic acids is 2. The van der Waals surface area contributed by atoms with Crippen LogP contribution in [0.2, 0.25) is 0 Å². The summed E-state index contributed by atoms with van der Waals surface area (Å²) in [6, 6.07) is 16.1. The van der Waals surface area contributed by atoms with Crippen molar-refractivity contribution in [3.05, 3.63) is 71.3 Å². The molecule has 1 aliphatic rings. The first kappa shape index (κ1) is 21.4. The van der Waals surface area contributed by atoms with Gasteiger partial charge in [0.2, 0.25) is 0 Å². The Morgan fingerprint density at radius 3 is 1.89 bits per heavy atom. The van der Waals surface area contributed by atoms with Gasteiger partial charge in [-0.1, -0.05) is 61.7 Å². The fourth-order valence-corrected chi connectivity index (χ4v) is 3.32. The summed E-state index contributed by atoms with van der Waals surface area (Å²) in [4.78, 5) is 32.2. The molecule has 2 aromatic rings. The standard InChI is InChI=1S/C13H16O2.C10H10O3/c14-13(15)12-8-6-11(7-9-12)10-4-2-1-3-5-10;11-9(6-7-10(12)13)8-4-2-1-3-5-8/h6-10H,1-5H2,(H,14,15);1-5H,6-7H2,(H,12,13). The number of rotatable bonds is 6. The van der Waals surface area contributed by atoms with Crippen LogP contribution in [-0.2, 0) is 4.79 Å². The van der Waals surface area contributed by atoms with E-state index in [1.54, 1.807) is 36.4 Å². The van der Waals surface area contributed by atoms with Gasteiger partial charge >= 0.3 is 11.9 Å². The maximum absolute atomic E-state index is 11.3. The molecule has 0 atom stereocenters. The molecular formula is C23H26O5. The van der Waals surface area contributed by atoms with E-state index < -0.39 is 11.9 Å². The second-order valence-corrected chi connectivity index (χ2v) is 6.95. The van der Waals surface area contributed by atoms with Crippen LogP contribution in [-0.4, -0.2) is 27.9 Å². The molecule has 0 saturated heterocycles. The van der Waals surface area contributed by atoms with E-state index in [-0.39, 0.29) is 18.6 Å². The molecule has 0 bridgehead atoms. The van der Waals surface area contributed by atoms with E-state index in [2.05, 4.69) is 0 Å². The number of Topliss-reactive ketones (excluding diaryl/α,β-unsaturated/α-hetero) is 1. The molecule has 0 heterocycles. The summed E-state index contributed by atoms with van der Waals surface area (Å²) in [5.74, 6) is -1.25. The van der Waals surface area contributed by atoms with E-state index in [1.165, 1.54) is 37.7 Å². The maximum atomic E-state index is 11.3. The second-order valence-electron chi connectivity index (χ2n) is 6.95. The molecule has 1 fully saturated rings. The van der Waals surface area contributed by atoms with Crippen LogP contribution in [0.4, 0.5) is 0 Å². The predicted molar refractivity (Wildman–Crippen MR) is 107 cm³/mol. The van der Waals surface area contributed by atoms with Crippen LogP contribution in [0.1, 0.15) is 77.1 Å². The third-order valence-electron chi connectivity index (χ3n) is 4.90. The highest BCUT2D eigenvalue weighted by Gasteiger charge is 2.15. The van der Waals surface area contributed by atoms with E-state index in [9.17, 15) is 14.4 Å². The molecule has 28 heavy (non-hydrogen) atoms. The van der Waals surface area contributed by atoms with Crippen molar-refractivity contribution in [2.45, 2.75) is 50.9 Å². The largest absolute Gasteiger partial charge is 0.481 e. The number of benzene rings is 2. The van der Waals surface area contributed by atoms with Crippen LogP contribution in [0.3, 0.4) is 0 Å². The first-order valence-electron chi connectivity index (χ1n) is 9.60. The Kier molecular flexibility index (Phi) is 8.40. The van der Waals surface area contributed by atoms with Gasteiger partial charge in [0.25, 0.3) is 0 Å². The molecule has 0 aromatic heterocycles.